The van der Waals surface area contributed by atoms with Gasteiger partial charge in [0.05, 0.1) is 28.4 Å². The predicted octanol–water partition coefficient (Wildman–Crippen LogP) is 0.610. The van der Waals surface area contributed by atoms with Crippen LogP contribution in [0.1, 0.15) is 21.7 Å². The van der Waals surface area contributed by atoms with Gasteiger partial charge >= 0.3 is 0 Å². The zero-order chi connectivity index (χ0) is 11.0. The van der Waals surface area contributed by atoms with E-state index in [0.717, 1.165) is 11.4 Å². The van der Waals surface area contributed by atoms with Crippen LogP contribution in [-0.4, -0.2) is 15.9 Å². The van der Waals surface area contributed by atoms with E-state index in [1.165, 1.54) is 12.1 Å². The van der Waals surface area contributed by atoms with Gasteiger partial charge in [-0.1, -0.05) is 6.07 Å². The lowest BCUT2D eigenvalue weighted by atomic mass is 10.2. The SMILES string of the molecule is Cc1nc2ccc(C(=O)[O-])cc2nc1C. The topological polar surface area (TPSA) is 65.9 Å². The van der Waals surface area contributed by atoms with E-state index in [4.69, 9.17) is 0 Å². The van der Waals surface area contributed by atoms with Gasteiger partial charge in [0.15, 0.2) is 0 Å². The quantitative estimate of drug-likeness (QED) is 0.678. The number of benzene rings is 1. The second-order valence-electron chi connectivity index (χ2n) is 3.39. The molecular weight excluding hydrogens is 192 g/mol. The van der Waals surface area contributed by atoms with E-state index in [9.17, 15) is 9.90 Å². The third kappa shape index (κ3) is 1.66. The second-order valence-corrected chi connectivity index (χ2v) is 3.39. The van der Waals surface area contributed by atoms with Crippen molar-refractivity contribution in [3.8, 4) is 0 Å². The third-order valence-electron chi connectivity index (χ3n) is 2.31. The lowest BCUT2D eigenvalue weighted by molar-refractivity contribution is -0.255. The Hall–Kier alpha value is -1.97. The molecular formula is C11H9N2O2-. The Morgan fingerprint density at radius 1 is 1.13 bits per heavy atom. The molecule has 0 fully saturated rings. The number of aryl methyl sites for hydroxylation is 2. The molecule has 15 heavy (non-hydrogen) atoms. The van der Waals surface area contributed by atoms with Crippen LogP contribution in [0.4, 0.5) is 0 Å². The molecule has 0 aliphatic carbocycles. The maximum atomic E-state index is 10.6. The number of hydrogen-bond acceptors (Lipinski definition) is 4. The normalized spacial score (nSPS) is 10.5. The molecule has 0 amide bonds. The molecule has 76 valence electrons. The van der Waals surface area contributed by atoms with Gasteiger partial charge in [-0.3, -0.25) is 0 Å². The van der Waals surface area contributed by atoms with Crippen molar-refractivity contribution >= 4 is 17.0 Å². The van der Waals surface area contributed by atoms with Crippen molar-refractivity contribution < 1.29 is 9.90 Å². The van der Waals surface area contributed by atoms with E-state index in [-0.39, 0.29) is 5.56 Å². The molecule has 0 radical (unpaired) electrons. The van der Waals surface area contributed by atoms with E-state index in [2.05, 4.69) is 9.97 Å². The Labute approximate surface area is 86.6 Å². The van der Waals surface area contributed by atoms with Crippen LogP contribution in [0.2, 0.25) is 0 Å². The highest BCUT2D eigenvalue weighted by atomic mass is 16.4. The lowest BCUT2D eigenvalue weighted by Gasteiger charge is -2.05. The highest BCUT2D eigenvalue weighted by molar-refractivity contribution is 5.90. The molecule has 1 aromatic heterocycles. The summed E-state index contributed by atoms with van der Waals surface area (Å²) in [6.45, 7) is 3.71. The van der Waals surface area contributed by atoms with Crippen molar-refractivity contribution in [2.75, 3.05) is 0 Å². The Bertz CT molecular complexity index is 550. The van der Waals surface area contributed by atoms with Crippen molar-refractivity contribution in [1.29, 1.82) is 0 Å². The Balaban J connectivity index is 2.72. The monoisotopic (exact) mass is 201 g/mol. The zero-order valence-electron chi connectivity index (χ0n) is 8.44. The molecule has 1 aromatic carbocycles. The maximum Gasteiger partial charge on any atom is 0.0896 e. The summed E-state index contributed by atoms with van der Waals surface area (Å²) in [6, 6.07) is 4.59. The molecule has 2 rings (SSSR count). The van der Waals surface area contributed by atoms with E-state index in [0.29, 0.717) is 11.0 Å². The fourth-order valence-electron chi connectivity index (χ4n) is 1.36. The molecule has 0 bridgehead atoms. The summed E-state index contributed by atoms with van der Waals surface area (Å²) in [7, 11) is 0. The van der Waals surface area contributed by atoms with Crippen molar-refractivity contribution in [2.45, 2.75) is 13.8 Å². The van der Waals surface area contributed by atoms with Gasteiger partial charge in [-0.15, -0.1) is 0 Å². The number of carbonyl (C=O) groups is 1. The summed E-state index contributed by atoms with van der Waals surface area (Å²) in [6.07, 6.45) is 0. The fourth-order valence-corrected chi connectivity index (χ4v) is 1.36. The van der Waals surface area contributed by atoms with Gasteiger partial charge in [-0.2, -0.15) is 0 Å². The molecule has 0 aliphatic rings. The van der Waals surface area contributed by atoms with Gasteiger partial charge in [0.2, 0.25) is 0 Å². The first-order chi connectivity index (χ1) is 7.08. The summed E-state index contributed by atoms with van der Waals surface area (Å²) in [5.41, 5.74) is 3.06. The first-order valence-electron chi connectivity index (χ1n) is 4.54. The average Bonchev–Trinajstić information content (AvgIpc) is 2.19. The molecule has 2 aromatic rings. The number of aromatic carboxylic acids is 1. The zero-order valence-corrected chi connectivity index (χ0v) is 8.44. The summed E-state index contributed by atoms with van der Waals surface area (Å²) in [5.74, 6) is -1.20. The standard InChI is InChI=1S/C11H10N2O2/c1-6-7(2)13-10-5-8(11(14)15)3-4-9(10)12-6/h3-5H,1-2H3,(H,14,15)/p-1. The van der Waals surface area contributed by atoms with Gasteiger partial charge in [0.25, 0.3) is 0 Å². The van der Waals surface area contributed by atoms with Gasteiger partial charge in [-0.05, 0) is 31.5 Å². The van der Waals surface area contributed by atoms with Gasteiger partial charge in [0, 0.05) is 0 Å². The molecule has 0 saturated carbocycles. The van der Waals surface area contributed by atoms with E-state index >= 15 is 0 Å². The molecule has 0 aliphatic heterocycles. The van der Waals surface area contributed by atoms with Gasteiger partial charge in [0.1, 0.15) is 0 Å². The molecule has 4 heteroatoms. The molecule has 1 heterocycles. The third-order valence-corrected chi connectivity index (χ3v) is 2.31. The summed E-state index contributed by atoms with van der Waals surface area (Å²) in [4.78, 5) is 19.2. The number of rotatable bonds is 1. The maximum absolute atomic E-state index is 10.6. The number of fused-ring (bicyclic) bond motifs is 1. The van der Waals surface area contributed by atoms with Crippen LogP contribution in [0, 0.1) is 13.8 Å². The fraction of sp³-hybridized carbons (Fsp3) is 0.182. The van der Waals surface area contributed by atoms with Crippen LogP contribution < -0.4 is 5.11 Å². The van der Waals surface area contributed by atoms with E-state index < -0.39 is 5.97 Å². The minimum atomic E-state index is -1.20. The number of carbonyl (C=O) groups excluding carboxylic acids is 1. The van der Waals surface area contributed by atoms with Crippen LogP contribution in [0.15, 0.2) is 18.2 Å². The first-order valence-corrected chi connectivity index (χ1v) is 4.54. The second kappa shape index (κ2) is 3.31. The van der Waals surface area contributed by atoms with Crippen LogP contribution >= 0.6 is 0 Å². The van der Waals surface area contributed by atoms with Crippen molar-refractivity contribution in [3.05, 3.63) is 35.2 Å². The van der Waals surface area contributed by atoms with Crippen LogP contribution in [0.3, 0.4) is 0 Å². The minimum Gasteiger partial charge on any atom is -0.545 e. The lowest BCUT2D eigenvalue weighted by Crippen LogP contribution is -2.22. The largest absolute Gasteiger partial charge is 0.545 e. The Morgan fingerprint density at radius 3 is 2.33 bits per heavy atom. The number of carboxylic acid groups (broad SMARTS) is 1. The van der Waals surface area contributed by atoms with Crippen molar-refractivity contribution in [2.24, 2.45) is 0 Å². The number of hydrogen-bond donors (Lipinski definition) is 0. The minimum absolute atomic E-state index is 0.125. The van der Waals surface area contributed by atoms with Crippen molar-refractivity contribution in [1.82, 2.24) is 9.97 Å². The van der Waals surface area contributed by atoms with Crippen molar-refractivity contribution in [3.63, 3.8) is 0 Å². The first kappa shape index (κ1) is 9.58. The highest BCUT2D eigenvalue weighted by Gasteiger charge is 2.02. The number of nitrogens with zero attached hydrogens (tertiary/aromatic N) is 2. The van der Waals surface area contributed by atoms with Gasteiger partial charge in [-0.25, -0.2) is 9.97 Å². The van der Waals surface area contributed by atoms with Crippen LogP contribution in [-0.2, 0) is 0 Å². The molecule has 4 nitrogen and oxygen atoms in total. The van der Waals surface area contributed by atoms with Gasteiger partial charge < -0.3 is 9.90 Å². The average molecular weight is 201 g/mol. The summed E-state index contributed by atoms with van der Waals surface area (Å²) < 4.78 is 0. The van der Waals surface area contributed by atoms with Crippen LogP contribution in [0.25, 0.3) is 11.0 Å². The summed E-state index contributed by atoms with van der Waals surface area (Å²) in [5, 5.41) is 10.6. The Morgan fingerprint density at radius 2 is 1.73 bits per heavy atom. The smallest absolute Gasteiger partial charge is 0.0896 e. The molecule has 0 atom stereocenters. The van der Waals surface area contributed by atoms with E-state index in [1.807, 2.05) is 13.8 Å². The van der Waals surface area contributed by atoms with E-state index in [1.54, 1.807) is 6.07 Å². The molecule has 0 N–H and O–H groups in total. The summed E-state index contributed by atoms with van der Waals surface area (Å²) >= 11 is 0. The number of carboxylic acids is 1. The molecule has 0 spiro atoms. The molecule has 0 saturated heterocycles. The Kier molecular flexibility index (Phi) is 2.11. The molecule has 0 unspecified atom stereocenters. The number of aromatic nitrogens is 2. The highest BCUT2D eigenvalue weighted by Crippen LogP contribution is 2.13. The predicted molar refractivity (Wildman–Crippen MR) is 53.3 cm³/mol. The van der Waals surface area contributed by atoms with Crippen LogP contribution in [0.5, 0.6) is 0 Å².